The van der Waals surface area contributed by atoms with E-state index in [4.69, 9.17) is 9.47 Å². The van der Waals surface area contributed by atoms with Crippen molar-refractivity contribution < 1.29 is 13.9 Å². The molecule has 1 aliphatic rings. The highest BCUT2D eigenvalue weighted by atomic mass is 19.1. The second-order valence-corrected chi connectivity index (χ2v) is 3.26. The van der Waals surface area contributed by atoms with Gasteiger partial charge in [-0.3, -0.25) is 0 Å². The van der Waals surface area contributed by atoms with Crippen LogP contribution in [-0.2, 0) is 4.74 Å². The largest absolute Gasteiger partial charge is 0.475 e. The van der Waals surface area contributed by atoms with Crippen LogP contribution in [0.15, 0.2) is 18.3 Å². The first-order valence-electron chi connectivity index (χ1n) is 4.70. The van der Waals surface area contributed by atoms with Crippen molar-refractivity contribution in [1.82, 2.24) is 4.98 Å². The molecular weight excluding hydrogens is 185 g/mol. The van der Waals surface area contributed by atoms with Crippen molar-refractivity contribution in [3.05, 3.63) is 24.1 Å². The van der Waals surface area contributed by atoms with Gasteiger partial charge in [0, 0.05) is 12.7 Å². The molecule has 76 valence electrons. The van der Waals surface area contributed by atoms with E-state index in [1.807, 2.05) is 0 Å². The maximum atomic E-state index is 12.5. The Morgan fingerprint density at radius 2 is 2.50 bits per heavy atom. The van der Waals surface area contributed by atoms with Gasteiger partial charge in [-0.2, -0.15) is 0 Å². The zero-order valence-corrected chi connectivity index (χ0v) is 7.78. The third-order valence-electron chi connectivity index (χ3n) is 2.14. The molecule has 0 radical (unpaired) electrons. The molecule has 1 aliphatic heterocycles. The summed E-state index contributed by atoms with van der Waals surface area (Å²) >= 11 is 0. The summed E-state index contributed by atoms with van der Waals surface area (Å²) in [5, 5.41) is 0. The standard InChI is InChI=1S/C10H12FNO2/c11-8-3-4-10(12-6-8)14-7-9-2-1-5-13-9/h3-4,6,9H,1-2,5,7H2. The molecule has 1 aromatic heterocycles. The number of nitrogens with zero attached hydrogens (tertiary/aromatic N) is 1. The number of ether oxygens (including phenoxy) is 2. The summed E-state index contributed by atoms with van der Waals surface area (Å²) in [6, 6.07) is 2.85. The van der Waals surface area contributed by atoms with Crippen LogP contribution in [-0.4, -0.2) is 24.3 Å². The van der Waals surface area contributed by atoms with Crippen LogP contribution in [0.4, 0.5) is 4.39 Å². The molecule has 1 fully saturated rings. The van der Waals surface area contributed by atoms with Gasteiger partial charge in [-0.1, -0.05) is 0 Å². The fourth-order valence-electron chi connectivity index (χ4n) is 1.40. The smallest absolute Gasteiger partial charge is 0.213 e. The number of aromatic nitrogens is 1. The first-order valence-corrected chi connectivity index (χ1v) is 4.70. The predicted octanol–water partition coefficient (Wildman–Crippen LogP) is 1.78. The van der Waals surface area contributed by atoms with Gasteiger partial charge in [-0.25, -0.2) is 9.37 Å². The number of rotatable bonds is 3. The maximum absolute atomic E-state index is 12.5. The van der Waals surface area contributed by atoms with E-state index in [1.165, 1.54) is 12.1 Å². The van der Waals surface area contributed by atoms with Crippen molar-refractivity contribution in [2.45, 2.75) is 18.9 Å². The average Bonchev–Trinajstić information content (AvgIpc) is 2.70. The molecular formula is C10H12FNO2. The third kappa shape index (κ3) is 2.42. The Labute approximate surface area is 81.9 Å². The van der Waals surface area contributed by atoms with Gasteiger partial charge < -0.3 is 9.47 Å². The summed E-state index contributed by atoms with van der Waals surface area (Å²) < 4.78 is 23.2. The lowest BCUT2D eigenvalue weighted by Crippen LogP contribution is -2.16. The molecule has 0 saturated carbocycles. The highest BCUT2D eigenvalue weighted by Gasteiger charge is 2.15. The van der Waals surface area contributed by atoms with Crippen molar-refractivity contribution in [3.8, 4) is 5.88 Å². The van der Waals surface area contributed by atoms with Gasteiger partial charge in [-0.05, 0) is 18.9 Å². The van der Waals surface area contributed by atoms with E-state index in [9.17, 15) is 4.39 Å². The second-order valence-electron chi connectivity index (χ2n) is 3.26. The van der Waals surface area contributed by atoms with E-state index < -0.39 is 0 Å². The molecule has 2 heterocycles. The van der Waals surface area contributed by atoms with Gasteiger partial charge in [0.1, 0.15) is 12.4 Å². The highest BCUT2D eigenvalue weighted by Crippen LogP contribution is 2.14. The Balaban J connectivity index is 1.82. The molecule has 1 unspecified atom stereocenters. The number of pyridine rings is 1. The van der Waals surface area contributed by atoms with Crippen molar-refractivity contribution in [2.75, 3.05) is 13.2 Å². The quantitative estimate of drug-likeness (QED) is 0.740. The van der Waals surface area contributed by atoms with Crippen LogP contribution >= 0.6 is 0 Å². The van der Waals surface area contributed by atoms with E-state index in [-0.39, 0.29) is 11.9 Å². The fraction of sp³-hybridized carbons (Fsp3) is 0.500. The van der Waals surface area contributed by atoms with Gasteiger partial charge in [0.25, 0.3) is 0 Å². The molecule has 3 nitrogen and oxygen atoms in total. The minimum Gasteiger partial charge on any atom is -0.475 e. The van der Waals surface area contributed by atoms with Crippen LogP contribution in [0.25, 0.3) is 0 Å². The van der Waals surface area contributed by atoms with E-state index in [1.54, 1.807) is 0 Å². The fourth-order valence-corrected chi connectivity index (χ4v) is 1.40. The van der Waals surface area contributed by atoms with Gasteiger partial charge >= 0.3 is 0 Å². The van der Waals surface area contributed by atoms with Gasteiger partial charge in [0.15, 0.2) is 0 Å². The Morgan fingerprint density at radius 1 is 1.57 bits per heavy atom. The monoisotopic (exact) mass is 197 g/mol. The molecule has 0 spiro atoms. The van der Waals surface area contributed by atoms with Crippen LogP contribution in [0.2, 0.25) is 0 Å². The molecule has 0 N–H and O–H groups in total. The zero-order valence-electron chi connectivity index (χ0n) is 7.78. The summed E-state index contributed by atoms with van der Waals surface area (Å²) in [6.45, 7) is 1.31. The molecule has 14 heavy (non-hydrogen) atoms. The molecule has 1 saturated heterocycles. The molecule has 0 aromatic carbocycles. The summed E-state index contributed by atoms with van der Waals surface area (Å²) in [5.74, 6) is 0.0939. The van der Waals surface area contributed by atoms with Crippen molar-refractivity contribution in [1.29, 1.82) is 0 Å². The summed E-state index contributed by atoms with van der Waals surface area (Å²) in [5.41, 5.74) is 0. The SMILES string of the molecule is Fc1ccc(OCC2CCCO2)nc1. The lowest BCUT2D eigenvalue weighted by Gasteiger charge is -2.10. The predicted molar refractivity (Wildman–Crippen MR) is 48.7 cm³/mol. The normalized spacial score (nSPS) is 21.1. The molecule has 4 heteroatoms. The van der Waals surface area contributed by atoms with Crippen LogP contribution in [0.5, 0.6) is 5.88 Å². The van der Waals surface area contributed by atoms with E-state index in [0.29, 0.717) is 12.5 Å². The van der Waals surface area contributed by atoms with Crippen LogP contribution < -0.4 is 4.74 Å². The van der Waals surface area contributed by atoms with Crippen molar-refractivity contribution in [2.24, 2.45) is 0 Å². The Kier molecular flexibility index (Phi) is 2.93. The van der Waals surface area contributed by atoms with Gasteiger partial charge in [0.05, 0.1) is 12.3 Å². The minimum absolute atomic E-state index is 0.168. The topological polar surface area (TPSA) is 31.4 Å². The Bertz CT molecular complexity index is 283. The number of hydrogen-bond donors (Lipinski definition) is 0. The Hall–Kier alpha value is -1.16. The number of halogens is 1. The third-order valence-corrected chi connectivity index (χ3v) is 2.14. The molecule has 1 atom stereocenters. The molecule has 0 aliphatic carbocycles. The van der Waals surface area contributed by atoms with E-state index in [2.05, 4.69) is 4.98 Å². The van der Waals surface area contributed by atoms with E-state index in [0.717, 1.165) is 25.6 Å². The van der Waals surface area contributed by atoms with Gasteiger partial charge in [0.2, 0.25) is 5.88 Å². The van der Waals surface area contributed by atoms with Crippen molar-refractivity contribution >= 4 is 0 Å². The van der Waals surface area contributed by atoms with Gasteiger partial charge in [-0.15, -0.1) is 0 Å². The van der Waals surface area contributed by atoms with E-state index >= 15 is 0 Å². The molecule has 2 rings (SSSR count). The first kappa shape index (κ1) is 9.40. The maximum Gasteiger partial charge on any atom is 0.213 e. The average molecular weight is 197 g/mol. The zero-order chi connectivity index (χ0) is 9.80. The van der Waals surface area contributed by atoms with Crippen LogP contribution in [0.1, 0.15) is 12.8 Å². The lowest BCUT2D eigenvalue weighted by atomic mass is 10.2. The molecule has 0 bridgehead atoms. The lowest BCUT2D eigenvalue weighted by molar-refractivity contribution is 0.0663. The van der Waals surface area contributed by atoms with Crippen LogP contribution in [0, 0.1) is 5.82 Å². The summed E-state index contributed by atoms with van der Waals surface area (Å²) in [7, 11) is 0. The summed E-state index contributed by atoms with van der Waals surface area (Å²) in [6.07, 6.45) is 3.43. The van der Waals surface area contributed by atoms with Crippen molar-refractivity contribution in [3.63, 3.8) is 0 Å². The molecule has 1 aromatic rings. The molecule has 0 amide bonds. The highest BCUT2D eigenvalue weighted by molar-refractivity contribution is 5.10. The van der Waals surface area contributed by atoms with Crippen LogP contribution in [0.3, 0.4) is 0 Å². The second kappa shape index (κ2) is 4.37. The first-order chi connectivity index (χ1) is 6.84. The minimum atomic E-state index is -0.352. The summed E-state index contributed by atoms with van der Waals surface area (Å²) in [4.78, 5) is 3.79. The number of hydrogen-bond acceptors (Lipinski definition) is 3. The Morgan fingerprint density at radius 3 is 3.14 bits per heavy atom.